The number of rotatable bonds is 3. The number of halogens is 5. The fourth-order valence-electron chi connectivity index (χ4n) is 0.973. The van der Waals surface area contributed by atoms with Crippen molar-refractivity contribution in [3.05, 3.63) is 27.7 Å². The molecule has 0 aromatic heterocycles. The average molecular weight is 319 g/mol. The van der Waals surface area contributed by atoms with Gasteiger partial charge >= 0.3 is 6.18 Å². The molecule has 0 aliphatic carbocycles. The van der Waals surface area contributed by atoms with Gasteiger partial charge in [-0.15, -0.1) is 0 Å². The fraction of sp³-hybridized carbons (Fsp3) is 0.333. The van der Waals surface area contributed by atoms with Gasteiger partial charge in [-0.05, 0) is 18.2 Å². The summed E-state index contributed by atoms with van der Waals surface area (Å²) in [6, 6.07) is 4.33. The normalized spacial score (nSPS) is 13.6. The number of benzene rings is 1. The van der Waals surface area contributed by atoms with E-state index in [1.165, 1.54) is 18.2 Å². The fourth-order valence-corrected chi connectivity index (χ4v) is 1.69. The molecule has 0 amide bonds. The summed E-state index contributed by atoms with van der Waals surface area (Å²) in [5, 5.41) is 0.0945. The van der Waals surface area contributed by atoms with Crippen molar-refractivity contribution in [2.75, 3.05) is 6.54 Å². The highest BCUT2D eigenvalue weighted by molar-refractivity contribution is 9.10. The molecule has 7 heteroatoms. The first kappa shape index (κ1) is 13.6. The van der Waals surface area contributed by atoms with Gasteiger partial charge in [0.1, 0.15) is 5.75 Å². The van der Waals surface area contributed by atoms with Crippen LogP contribution in [0.25, 0.3) is 0 Å². The summed E-state index contributed by atoms with van der Waals surface area (Å²) >= 11 is 8.85. The number of nitrogens with two attached hydrogens (primary N) is 1. The van der Waals surface area contributed by atoms with Gasteiger partial charge in [0.2, 0.25) is 6.10 Å². The van der Waals surface area contributed by atoms with Gasteiger partial charge in [0.25, 0.3) is 0 Å². The topological polar surface area (TPSA) is 35.2 Å². The molecular weight excluding hydrogens is 310 g/mol. The summed E-state index contributed by atoms with van der Waals surface area (Å²) in [6.45, 7) is -0.657. The van der Waals surface area contributed by atoms with Gasteiger partial charge in [0.15, 0.2) is 0 Å². The predicted octanol–water partition coefficient (Wildman–Crippen LogP) is 3.37. The molecule has 16 heavy (non-hydrogen) atoms. The maximum Gasteiger partial charge on any atom is 0.426 e. The van der Waals surface area contributed by atoms with Gasteiger partial charge in [0.05, 0.1) is 5.02 Å². The number of hydrogen-bond donors (Lipinski definition) is 1. The van der Waals surface area contributed by atoms with Crippen molar-refractivity contribution in [1.29, 1.82) is 0 Å². The molecule has 2 nitrogen and oxygen atoms in total. The van der Waals surface area contributed by atoms with Crippen molar-refractivity contribution in [1.82, 2.24) is 0 Å². The van der Waals surface area contributed by atoms with E-state index in [0.717, 1.165) is 0 Å². The Morgan fingerprint density at radius 1 is 1.44 bits per heavy atom. The van der Waals surface area contributed by atoms with Crippen LogP contribution in [0, 0.1) is 0 Å². The smallest absolute Gasteiger partial charge is 0.426 e. The van der Waals surface area contributed by atoms with Crippen molar-refractivity contribution in [3.8, 4) is 5.75 Å². The minimum absolute atomic E-state index is 0.0439. The highest BCUT2D eigenvalue weighted by Gasteiger charge is 2.41. The predicted molar refractivity (Wildman–Crippen MR) is 58.7 cm³/mol. The molecule has 0 saturated heterocycles. The first-order valence-electron chi connectivity index (χ1n) is 4.23. The van der Waals surface area contributed by atoms with Crippen molar-refractivity contribution in [2.24, 2.45) is 5.73 Å². The molecule has 0 aliphatic rings. The van der Waals surface area contributed by atoms with Gasteiger partial charge in [-0.2, -0.15) is 13.2 Å². The lowest BCUT2D eigenvalue weighted by Gasteiger charge is -2.20. The summed E-state index contributed by atoms with van der Waals surface area (Å²) in [4.78, 5) is 0. The van der Waals surface area contributed by atoms with Crippen LogP contribution in [0.15, 0.2) is 22.7 Å². The highest BCUT2D eigenvalue weighted by atomic mass is 79.9. The van der Waals surface area contributed by atoms with Crippen molar-refractivity contribution >= 4 is 27.5 Å². The Kier molecular flexibility index (Phi) is 4.46. The zero-order valence-corrected chi connectivity index (χ0v) is 10.2. The van der Waals surface area contributed by atoms with Crippen LogP contribution in [0.5, 0.6) is 5.75 Å². The monoisotopic (exact) mass is 317 g/mol. The van der Waals surface area contributed by atoms with Crippen molar-refractivity contribution < 1.29 is 17.9 Å². The van der Waals surface area contributed by atoms with E-state index in [1.54, 1.807) is 0 Å². The molecule has 1 atom stereocenters. The van der Waals surface area contributed by atoms with Crippen LogP contribution in [0.3, 0.4) is 0 Å². The lowest BCUT2D eigenvalue weighted by atomic mass is 10.3. The van der Waals surface area contributed by atoms with Crippen molar-refractivity contribution in [3.63, 3.8) is 0 Å². The summed E-state index contributed by atoms with van der Waals surface area (Å²) in [5.74, 6) is -0.0439. The Labute approximate surface area is 104 Å². The summed E-state index contributed by atoms with van der Waals surface area (Å²) < 4.78 is 42.4. The second kappa shape index (κ2) is 5.25. The molecule has 2 N–H and O–H groups in total. The molecule has 1 aromatic rings. The van der Waals surface area contributed by atoms with Gasteiger partial charge < -0.3 is 10.5 Å². The van der Waals surface area contributed by atoms with E-state index < -0.39 is 18.8 Å². The van der Waals surface area contributed by atoms with E-state index in [4.69, 9.17) is 22.1 Å². The molecular formula is C9H8BrClF3NO. The Hall–Kier alpha value is -0.460. The highest BCUT2D eigenvalue weighted by Crippen LogP contribution is 2.31. The molecule has 0 radical (unpaired) electrons. The standard InChI is InChI=1S/C9H8BrClF3NO/c10-5-1-2-7(6(11)3-5)16-8(4-15)9(12,13)14/h1-3,8H,4,15H2. The van der Waals surface area contributed by atoms with E-state index in [2.05, 4.69) is 15.9 Å². The van der Waals surface area contributed by atoms with Gasteiger partial charge in [0, 0.05) is 11.0 Å². The molecule has 90 valence electrons. The third kappa shape index (κ3) is 3.54. The Balaban J connectivity index is 2.86. The molecule has 0 fully saturated rings. The van der Waals surface area contributed by atoms with Crippen molar-refractivity contribution in [2.45, 2.75) is 12.3 Å². The second-order valence-electron chi connectivity index (χ2n) is 2.96. The Bertz CT molecular complexity index is 372. The molecule has 0 saturated carbocycles. The lowest BCUT2D eigenvalue weighted by Crippen LogP contribution is -2.40. The first-order chi connectivity index (χ1) is 7.34. The summed E-state index contributed by atoms with van der Waals surface area (Å²) in [6.07, 6.45) is -6.56. The number of hydrogen-bond acceptors (Lipinski definition) is 2. The second-order valence-corrected chi connectivity index (χ2v) is 4.28. The minimum Gasteiger partial charge on any atom is -0.478 e. The SMILES string of the molecule is NCC(Oc1ccc(Br)cc1Cl)C(F)(F)F. The van der Waals surface area contributed by atoms with Crippen LogP contribution in [0.4, 0.5) is 13.2 Å². The van der Waals surface area contributed by atoms with Crippen LogP contribution in [-0.2, 0) is 0 Å². The maximum absolute atomic E-state index is 12.4. The molecule has 1 rings (SSSR count). The quantitative estimate of drug-likeness (QED) is 0.927. The molecule has 0 spiro atoms. The van der Waals surface area contributed by atoms with E-state index in [-0.39, 0.29) is 10.8 Å². The van der Waals surface area contributed by atoms with Crippen LogP contribution in [-0.4, -0.2) is 18.8 Å². The van der Waals surface area contributed by atoms with E-state index in [1.807, 2.05) is 0 Å². The Morgan fingerprint density at radius 3 is 2.50 bits per heavy atom. The van der Waals surface area contributed by atoms with Crippen LogP contribution < -0.4 is 10.5 Å². The number of ether oxygens (including phenoxy) is 1. The summed E-state index contributed by atoms with van der Waals surface area (Å²) in [7, 11) is 0. The molecule has 1 unspecified atom stereocenters. The first-order valence-corrected chi connectivity index (χ1v) is 5.40. The number of alkyl halides is 3. The maximum atomic E-state index is 12.4. The van der Waals surface area contributed by atoms with Gasteiger partial charge in [-0.3, -0.25) is 0 Å². The zero-order valence-electron chi connectivity index (χ0n) is 7.89. The van der Waals surface area contributed by atoms with Crippen LogP contribution in [0.2, 0.25) is 5.02 Å². The zero-order chi connectivity index (χ0) is 12.3. The third-order valence-electron chi connectivity index (χ3n) is 1.74. The van der Waals surface area contributed by atoms with Crippen LogP contribution in [0.1, 0.15) is 0 Å². The van der Waals surface area contributed by atoms with Gasteiger partial charge in [-0.1, -0.05) is 27.5 Å². The van der Waals surface area contributed by atoms with E-state index in [9.17, 15) is 13.2 Å². The molecule has 0 heterocycles. The lowest BCUT2D eigenvalue weighted by molar-refractivity contribution is -0.191. The van der Waals surface area contributed by atoms with Crippen LogP contribution >= 0.6 is 27.5 Å². The molecule has 1 aromatic carbocycles. The van der Waals surface area contributed by atoms with E-state index in [0.29, 0.717) is 4.47 Å². The molecule has 0 bridgehead atoms. The average Bonchev–Trinajstić information content (AvgIpc) is 2.14. The van der Waals surface area contributed by atoms with Gasteiger partial charge in [-0.25, -0.2) is 0 Å². The minimum atomic E-state index is -4.51. The largest absolute Gasteiger partial charge is 0.478 e. The summed E-state index contributed by atoms with van der Waals surface area (Å²) in [5.41, 5.74) is 4.99. The Morgan fingerprint density at radius 2 is 2.06 bits per heavy atom. The third-order valence-corrected chi connectivity index (χ3v) is 2.53. The van der Waals surface area contributed by atoms with E-state index >= 15 is 0 Å². The molecule has 0 aliphatic heterocycles.